The molecule has 6 nitrogen and oxygen atoms in total. The Bertz CT molecular complexity index is 665. The number of nitrogens with zero attached hydrogens (tertiary/aromatic N) is 2. The zero-order valence-corrected chi connectivity index (χ0v) is 13.6. The number of urea groups is 1. The van der Waals surface area contributed by atoms with E-state index in [2.05, 4.69) is 5.32 Å². The van der Waals surface area contributed by atoms with Crippen molar-refractivity contribution in [2.75, 3.05) is 26.5 Å². The van der Waals surface area contributed by atoms with E-state index in [4.69, 9.17) is 4.42 Å². The van der Waals surface area contributed by atoms with E-state index in [1.807, 2.05) is 18.2 Å². The van der Waals surface area contributed by atoms with Gasteiger partial charge in [-0.05, 0) is 29.8 Å². The number of rotatable bonds is 5. The van der Waals surface area contributed by atoms with Crippen LogP contribution in [0, 0.1) is 0 Å². The second kappa shape index (κ2) is 7.49. The van der Waals surface area contributed by atoms with Crippen LogP contribution in [0.1, 0.15) is 11.3 Å². The summed E-state index contributed by atoms with van der Waals surface area (Å²) < 4.78 is 5.24. The highest BCUT2D eigenvalue weighted by molar-refractivity contribution is 5.89. The Labute approximate surface area is 135 Å². The maximum absolute atomic E-state index is 12.3. The van der Waals surface area contributed by atoms with Crippen LogP contribution in [-0.4, -0.2) is 42.9 Å². The maximum Gasteiger partial charge on any atom is 0.321 e. The number of carbonyl (C=O) groups excluding carboxylic acids is 2. The number of likely N-dealkylation sites (N-methyl/N-ethyl adjacent to an activating group) is 1. The van der Waals surface area contributed by atoms with Crippen molar-refractivity contribution in [3.05, 3.63) is 54.0 Å². The van der Waals surface area contributed by atoms with Gasteiger partial charge in [0, 0.05) is 26.8 Å². The second-order valence-electron chi connectivity index (χ2n) is 5.53. The fraction of sp³-hybridized carbons (Fsp3) is 0.294. The summed E-state index contributed by atoms with van der Waals surface area (Å²) in [4.78, 5) is 27.0. The van der Waals surface area contributed by atoms with Crippen molar-refractivity contribution in [1.82, 2.24) is 9.80 Å². The summed E-state index contributed by atoms with van der Waals surface area (Å²) >= 11 is 0. The van der Waals surface area contributed by atoms with Gasteiger partial charge in [-0.3, -0.25) is 4.79 Å². The zero-order chi connectivity index (χ0) is 16.8. The first-order valence-corrected chi connectivity index (χ1v) is 7.29. The number of amides is 3. The fourth-order valence-corrected chi connectivity index (χ4v) is 2.03. The van der Waals surface area contributed by atoms with Crippen LogP contribution in [-0.2, 0) is 17.8 Å². The molecule has 0 aliphatic rings. The summed E-state index contributed by atoms with van der Waals surface area (Å²) in [5.74, 6) is 0.727. The van der Waals surface area contributed by atoms with Gasteiger partial charge in [-0.25, -0.2) is 4.79 Å². The number of hydrogen-bond donors (Lipinski definition) is 1. The minimum Gasteiger partial charge on any atom is -0.467 e. The number of anilines is 1. The Morgan fingerprint density at radius 1 is 1.13 bits per heavy atom. The molecule has 122 valence electrons. The van der Waals surface area contributed by atoms with Gasteiger partial charge in [-0.1, -0.05) is 12.1 Å². The molecule has 2 rings (SSSR count). The molecule has 1 aromatic carbocycles. The Morgan fingerprint density at radius 2 is 1.91 bits per heavy atom. The highest BCUT2D eigenvalue weighted by Gasteiger charge is 2.12. The molecule has 1 aromatic heterocycles. The van der Waals surface area contributed by atoms with E-state index in [1.54, 1.807) is 50.5 Å². The first-order chi connectivity index (χ1) is 11.0. The van der Waals surface area contributed by atoms with E-state index in [0.717, 1.165) is 11.3 Å². The van der Waals surface area contributed by atoms with E-state index >= 15 is 0 Å². The number of hydrogen-bond acceptors (Lipinski definition) is 3. The molecule has 6 heteroatoms. The van der Waals surface area contributed by atoms with E-state index in [1.165, 1.54) is 4.90 Å². The molecule has 0 fully saturated rings. The lowest BCUT2D eigenvalue weighted by Crippen LogP contribution is -2.28. The van der Waals surface area contributed by atoms with E-state index in [0.29, 0.717) is 12.2 Å². The third kappa shape index (κ3) is 4.88. The van der Waals surface area contributed by atoms with Gasteiger partial charge in [-0.15, -0.1) is 0 Å². The van der Waals surface area contributed by atoms with Crippen LogP contribution < -0.4 is 5.32 Å². The van der Waals surface area contributed by atoms with Crippen molar-refractivity contribution in [3.8, 4) is 0 Å². The summed E-state index contributed by atoms with van der Waals surface area (Å²) in [7, 11) is 5.08. The maximum atomic E-state index is 12.3. The molecule has 0 unspecified atom stereocenters. The van der Waals surface area contributed by atoms with Crippen LogP contribution in [0.25, 0.3) is 0 Å². The first kappa shape index (κ1) is 16.6. The SMILES string of the molecule is CN(C)C(=O)Nc1cccc(CC(=O)N(C)Cc2ccco2)c1. The van der Waals surface area contributed by atoms with Crippen molar-refractivity contribution >= 4 is 17.6 Å². The van der Waals surface area contributed by atoms with Crippen LogP contribution >= 0.6 is 0 Å². The lowest BCUT2D eigenvalue weighted by atomic mass is 10.1. The predicted octanol–water partition coefficient (Wildman–Crippen LogP) is 2.57. The quantitative estimate of drug-likeness (QED) is 0.922. The van der Waals surface area contributed by atoms with Crippen LogP contribution in [0.4, 0.5) is 10.5 Å². The van der Waals surface area contributed by atoms with Gasteiger partial charge in [0.2, 0.25) is 5.91 Å². The molecule has 2 aromatic rings. The Balaban J connectivity index is 1.96. The predicted molar refractivity (Wildman–Crippen MR) is 88.0 cm³/mol. The lowest BCUT2D eigenvalue weighted by Gasteiger charge is -2.16. The second-order valence-corrected chi connectivity index (χ2v) is 5.53. The number of carbonyl (C=O) groups is 2. The first-order valence-electron chi connectivity index (χ1n) is 7.29. The molecule has 0 aliphatic carbocycles. The number of furan rings is 1. The summed E-state index contributed by atoms with van der Waals surface area (Å²) in [5, 5.41) is 2.77. The summed E-state index contributed by atoms with van der Waals surface area (Å²) in [6.07, 6.45) is 1.85. The molecule has 23 heavy (non-hydrogen) atoms. The molecule has 0 aliphatic heterocycles. The van der Waals surface area contributed by atoms with Gasteiger partial charge in [0.1, 0.15) is 5.76 Å². The van der Waals surface area contributed by atoms with E-state index in [-0.39, 0.29) is 18.4 Å². The minimum atomic E-state index is -0.205. The van der Waals surface area contributed by atoms with E-state index < -0.39 is 0 Å². The summed E-state index contributed by atoms with van der Waals surface area (Å²) in [5.41, 5.74) is 1.51. The largest absolute Gasteiger partial charge is 0.467 e. The molecule has 0 saturated carbocycles. The van der Waals surface area contributed by atoms with Gasteiger partial charge in [0.25, 0.3) is 0 Å². The Morgan fingerprint density at radius 3 is 2.57 bits per heavy atom. The lowest BCUT2D eigenvalue weighted by molar-refractivity contribution is -0.129. The Kier molecular flexibility index (Phi) is 5.41. The average Bonchev–Trinajstić information content (AvgIpc) is 3.00. The minimum absolute atomic E-state index is 0.0162. The topological polar surface area (TPSA) is 65.8 Å². The summed E-state index contributed by atoms with van der Waals surface area (Å²) in [6.45, 7) is 0.433. The van der Waals surface area contributed by atoms with Crippen LogP contribution in [0.2, 0.25) is 0 Å². The number of benzene rings is 1. The molecule has 0 spiro atoms. The standard InChI is InChI=1S/C17H21N3O3/c1-19(2)17(22)18-14-7-4-6-13(10-14)11-16(21)20(3)12-15-8-5-9-23-15/h4-10H,11-12H2,1-3H3,(H,18,22). The van der Waals surface area contributed by atoms with Crippen molar-refractivity contribution in [1.29, 1.82) is 0 Å². The van der Waals surface area contributed by atoms with Crippen molar-refractivity contribution < 1.29 is 14.0 Å². The van der Waals surface area contributed by atoms with Gasteiger partial charge in [0.15, 0.2) is 0 Å². The molecule has 1 heterocycles. The van der Waals surface area contributed by atoms with Crippen molar-refractivity contribution in [2.45, 2.75) is 13.0 Å². The smallest absolute Gasteiger partial charge is 0.321 e. The molecule has 0 saturated heterocycles. The van der Waals surface area contributed by atoms with Gasteiger partial charge in [-0.2, -0.15) is 0 Å². The molecule has 1 N–H and O–H groups in total. The highest BCUT2D eigenvalue weighted by atomic mass is 16.3. The van der Waals surface area contributed by atoms with Gasteiger partial charge < -0.3 is 19.5 Å². The molecule has 0 atom stereocenters. The molecule has 0 bridgehead atoms. The van der Waals surface area contributed by atoms with Gasteiger partial charge in [0.05, 0.1) is 19.2 Å². The highest BCUT2D eigenvalue weighted by Crippen LogP contribution is 2.13. The molecule has 0 radical (unpaired) electrons. The normalized spacial score (nSPS) is 10.2. The molecule has 3 amide bonds. The average molecular weight is 315 g/mol. The third-order valence-corrected chi connectivity index (χ3v) is 3.34. The third-order valence-electron chi connectivity index (χ3n) is 3.34. The van der Waals surface area contributed by atoms with Gasteiger partial charge >= 0.3 is 6.03 Å². The van der Waals surface area contributed by atoms with Crippen LogP contribution in [0.15, 0.2) is 47.1 Å². The Hall–Kier alpha value is -2.76. The van der Waals surface area contributed by atoms with Crippen molar-refractivity contribution in [2.24, 2.45) is 0 Å². The molecular formula is C17H21N3O3. The fourth-order valence-electron chi connectivity index (χ4n) is 2.03. The van der Waals surface area contributed by atoms with E-state index in [9.17, 15) is 9.59 Å². The van der Waals surface area contributed by atoms with Crippen LogP contribution in [0.3, 0.4) is 0 Å². The number of nitrogens with one attached hydrogen (secondary N) is 1. The monoisotopic (exact) mass is 315 g/mol. The molecular weight excluding hydrogens is 294 g/mol. The van der Waals surface area contributed by atoms with Crippen molar-refractivity contribution in [3.63, 3.8) is 0 Å². The summed E-state index contributed by atoms with van der Waals surface area (Å²) in [6, 6.07) is 10.7. The zero-order valence-electron chi connectivity index (χ0n) is 13.6. The van der Waals surface area contributed by atoms with Crippen LogP contribution in [0.5, 0.6) is 0 Å².